The van der Waals surface area contributed by atoms with E-state index >= 15 is 0 Å². The van der Waals surface area contributed by atoms with E-state index in [2.05, 4.69) is 45.5 Å². The van der Waals surface area contributed by atoms with Crippen LogP contribution in [0, 0.1) is 0 Å². The molecule has 0 unspecified atom stereocenters. The van der Waals surface area contributed by atoms with E-state index in [1.54, 1.807) is 13.1 Å². The van der Waals surface area contributed by atoms with Crippen LogP contribution in [0.25, 0.3) is 22.0 Å². The first-order valence-corrected chi connectivity index (χ1v) is 8.53. The molecule has 1 amide bonds. The van der Waals surface area contributed by atoms with Crippen molar-refractivity contribution in [3.05, 3.63) is 54.7 Å². The van der Waals surface area contributed by atoms with Crippen molar-refractivity contribution in [2.24, 2.45) is 0 Å². The lowest BCUT2D eigenvalue weighted by molar-refractivity contribution is -0.119. The van der Waals surface area contributed by atoms with Crippen molar-refractivity contribution < 1.29 is 4.79 Å². The van der Waals surface area contributed by atoms with Crippen molar-refractivity contribution >= 4 is 22.6 Å². The van der Waals surface area contributed by atoms with Gasteiger partial charge in [0.05, 0.1) is 5.69 Å². The van der Waals surface area contributed by atoms with Crippen LogP contribution in [0.2, 0.25) is 0 Å². The highest BCUT2D eigenvalue weighted by Gasteiger charge is 2.25. The molecule has 0 bridgehead atoms. The fraction of sp³-hybridized carbons (Fsp3) is 0.250. The molecule has 1 aliphatic rings. The number of carbonyl (C=O) groups is 1. The topological polar surface area (TPSA) is 58.1 Å². The van der Waals surface area contributed by atoms with Gasteiger partial charge in [-0.1, -0.05) is 36.4 Å². The Bertz CT molecular complexity index is 924. The third kappa shape index (κ3) is 3.31. The van der Waals surface area contributed by atoms with Crippen LogP contribution in [-0.4, -0.2) is 35.0 Å². The summed E-state index contributed by atoms with van der Waals surface area (Å²) in [6, 6.07) is 16.8. The lowest BCUT2D eigenvalue weighted by Crippen LogP contribution is -2.35. The second-order valence-electron chi connectivity index (χ2n) is 6.44. The average molecular weight is 332 g/mol. The minimum atomic E-state index is 0.0117. The van der Waals surface area contributed by atoms with Gasteiger partial charge in [-0.05, 0) is 29.3 Å². The number of hydrogen-bond acceptors (Lipinski definition) is 4. The fourth-order valence-corrected chi connectivity index (χ4v) is 3.36. The predicted octanol–water partition coefficient (Wildman–Crippen LogP) is 3.01. The summed E-state index contributed by atoms with van der Waals surface area (Å²) in [6.07, 6.45) is 2.72. The van der Waals surface area contributed by atoms with Crippen molar-refractivity contribution in [2.45, 2.75) is 19.4 Å². The Morgan fingerprint density at radius 2 is 2.00 bits per heavy atom. The van der Waals surface area contributed by atoms with E-state index < -0.39 is 0 Å². The van der Waals surface area contributed by atoms with Crippen LogP contribution in [0.4, 0.5) is 5.95 Å². The molecule has 5 heteroatoms. The monoisotopic (exact) mass is 332 g/mol. The summed E-state index contributed by atoms with van der Waals surface area (Å²) in [5, 5.41) is 5.39. The second-order valence-corrected chi connectivity index (χ2v) is 6.44. The van der Waals surface area contributed by atoms with Crippen molar-refractivity contribution in [3.8, 4) is 11.3 Å². The number of hydrogen-bond donors (Lipinski definition) is 1. The number of aromatic nitrogens is 2. The second kappa shape index (κ2) is 6.51. The van der Waals surface area contributed by atoms with Crippen molar-refractivity contribution in [2.75, 3.05) is 18.0 Å². The Kier molecular flexibility index (Phi) is 4.06. The number of nitrogens with zero attached hydrogens (tertiary/aromatic N) is 3. The molecule has 25 heavy (non-hydrogen) atoms. The molecule has 2 aromatic carbocycles. The third-order valence-corrected chi connectivity index (χ3v) is 4.57. The van der Waals surface area contributed by atoms with Gasteiger partial charge in [0.25, 0.3) is 0 Å². The van der Waals surface area contributed by atoms with Crippen LogP contribution in [0.5, 0.6) is 0 Å². The number of nitrogens with one attached hydrogen (secondary N) is 1. The highest BCUT2D eigenvalue weighted by molar-refractivity contribution is 5.86. The lowest BCUT2D eigenvalue weighted by Gasteiger charge is -2.17. The molecule has 0 aliphatic carbocycles. The van der Waals surface area contributed by atoms with Gasteiger partial charge < -0.3 is 10.2 Å². The Labute approximate surface area is 146 Å². The van der Waals surface area contributed by atoms with Gasteiger partial charge in [-0.2, -0.15) is 0 Å². The number of fused-ring (bicyclic) bond motifs is 1. The largest absolute Gasteiger partial charge is 0.352 e. The van der Waals surface area contributed by atoms with E-state index in [-0.39, 0.29) is 11.9 Å². The molecule has 5 nitrogen and oxygen atoms in total. The summed E-state index contributed by atoms with van der Waals surface area (Å²) in [6.45, 7) is 3.16. The molecule has 126 valence electrons. The van der Waals surface area contributed by atoms with E-state index in [9.17, 15) is 4.79 Å². The number of benzene rings is 2. The van der Waals surface area contributed by atoms with Crippen LogP contribution in [0.1, 0.15) is 13.3 Å². The summed E-state index contributed by atoms with van der Waals surface area (Å²) in [5.41, 5.74) is 2.00. The first kappa shape index (κ1) is 15.6. The van der Waals surface area contributed by atoms with E-state index in [0.29, 0.717) is 0 Å². The molecule has 2 heterocycles. The molecule has 3 aromatic rings. The molecule has 0 spiro atoms. The minimum absolute atomic E-state index is 0.0117. The molecule has 1 saturated heterocycles. The van der Waals surface area contributed by atoms with E-state index in [1.807, 2.05) is 18.2 Å². The average Bonchev–Trinajstić information content (AvgIpc) is 3.09. The number of amides is 1. The predicted molar refractivity (Wildman–Crippen MR) is 99.4 cm³/mol. The van der Waals surface area contributed by atoms with Gasteiger partial charge in [0.2, 0.25) is 11.9 Å². The Balaban J connectivity index is 1.59. The Hall–Kier alpha value is -2.95. The first-order valence-electron chi connectivity index (χ1n) is 8.53. The lowest BCUT2D eigenvalue weighted by atomic mass is 10.1. The van der Waals surface area contributed by atoms with Crippen molar-refractivity contribution in [1.29, 1.82) is 0 Å². The van der Waals surface area contributed by atoms with Gasteiger partial charge >= 0.3 is 0 Å². The van der Waals surface area contributed by atoms with Crippen molar-refractivity contribution in [1.82, 2.24) is 15.3 Å². The zero-order valence-corrected chi connectivity index (χ0v) is 14.1. The van der Waals surface area contributed by atoms with Gasteiger partial charge in [-0.3, -0.25) is 4.79 Å². The Morgan fingerprint density at radius 1 is 1.16 bits per heavy atom. The fourth-order valence-electron chi connectivity index (χ4n) is 3.36. The standard InChI is InChI=1S/C20H20N4O/c1-14(25)22-18-9-11-24(13-18)20-21-10-8-19(23-20)17-7-6-15-4-2-3-5-16(15)12-17/h2-8,10,12,18H,9,11,13H2,1H3,(H,22,25)/t18-/m0/s1. The summed E-state index contributed by atoms with van der Waals surface area (Å²) in [7, 11) is 0. The maximum absolute atomic E-state index is 11.2. The molecular formula is C20H20N4O. The Morgan fingerprint density at radius 3 is 2.84 bits per heavy atom. The molecule has 1 aliphatic heterocycles. The normalized spacial score (nSPS) is 17.0. The maximum atomic E-state index is 11.2. The zero-order valence-electron chi connectivity index (χ0n) is 14.1. The summed E-state index contributed by atoms with van der Waals surface area (Å²) >= 11 is 0. The molecule has 1 fully saturated rings. The molecule has 1 N–H and O–H groups in total. The van der Waals surface area contributed by atoms with Crippen LogP contribution < -0.4 is 10.2 Å². The summed E-state index contributed by atoms with van der Waals surface area (Å²) in [4.78, 5) is 22.5. The molecule has 0 saturated carbocycles. The molecule has 0 radical (unpaired) electrons. The van der Waals surface area contributed by atoms with Crippen LogP contribution in [-0.2, 0) is 4.79 Å². The van der Waals surface area contributed by atoms with Gasteiger partial charge in [0.1, 0.15) is 0 Å². The molecular weight excluding hydrogens is 312 g/mol. The van der Waals surface area contributed by atoms with E-state index in [4.69, 9.17) is 4.98 Å². The number of anilines is 1. The van der Waals surface area contributed by atoms with Crippen LogP contribution in [0.15, 0.2) is 54.7 Å². The smallest absolute Gasteiger partial charge is 0.225 e. The highest BCUT2D eigenvalue weighted by Crippen LogP contribution is 2.25. The van der Waals surface area contributed by atoms with Crippen molar-refractivity contribution in [3.63, 3.8) is 0 Å². The summed E-state index contributed by atoms with van der Waals surface area (Å²) < 4.78 is 0. The van der Waals surface area contributed by atoms with E-state index in [1.165, 1.54) is 10.8 Å². The SMILES string of the molecule is CC(=O)N[C@H]1CCN(c2nccc(-c3ccc4ccccc4c3)n2)C1. The third-order valence-electron chi connectivity index (χ3n) is 4.57. The molecule has 4 rings (SSSR count). The van der Waals surface area contributed by atoms with E-state index in [0.717, 1.165) is 36.7 Å². The summed E-state index contributed by atoms with van der Waals surface area (Å²) in [5.74, 6) is 0.733. The molecule has 1 atom stereocenters. The minimum Gasteiger partial charge on any atom is -0.352 e. The van der Waals surface area contributed by atoms with Gasteiger partial charge in [-0.25, -0.2) is 9.97 Å². The molecule has 1 aromatic heterocycles. The zero-order chi connectivity index (χ0) is 17.2. The number of rotatable bonds is 3. The van der Waals surface area contributed by atoms with Gasteiger partial charge in [0, 0.05) is 37.8 Å². The van der Waals surface area contributed by atoms with Gasteiger partial charge in [0.15, 0.2) is 0 Å². The van der Waals surface area contributed by atoms with Crippen LogP contribution >= 0.6 is 0 Å². The first-order chi connectivity index (χ1) is 12.2. The maximum Gasteiger partial charge on any atom is 0.225 e. The number of carbonyl (C=O) groups excluding carboxylic acids is 1. The van der Waals surface area contributed by atoms with Crippen LogP contribution in [0.3, 0.4) is 0 Å². The quantitative estimate of drug-likeness (QED) is 0.801. The van der Waals surface area contributed by atoms with Gasteiger partial charge in [-0.15, -0.1) is 0 Å². The highest BCUT2D eigenvalue weighted by atomic mass is 16.1.